The van der Waals surface area contributed by atoms with Crippen LogP contribution in [0.1, 0.15) is 2.74 Å². The van der Waals surface area contributed by atoms with Crippen molar-refractivity contribution in [1.82, 2.24) is 24.5 Å². The fourth-order valence-electron chi connectivity index (χ4n) is 5.02. The Morgan fingerprint density at radius 3 is 1.45 bits per heavy atom. The molecule has 7 nitrogen and oxygen atoms in total. The average molecular weight is 794 g/mol. The molecule has 0 aliphatic heterocycles. The fraction of sp³-hybridized carbons (Fsp3) is 0. The molecule has 0 aliphatic rings. The molecule has 0 bridgehead atoms. The summed E-state index contributed by atoms with van der Waals surface area (Å²) in [6.07, 6.45) is 6.66. The maximum Gasteiger partial charge on any atom is 2.00 e. The van der Waals surface area contributed by atoms with Gasteiger partial charge < -0.3 is 24.0 Å². The summed E-state index contributed by atoms with van der Waals surface area (Å²) in [7, 11) is 0. The summed E-state index contributed by atoms with van der Waals surface area (Å²) in [6, 6.07) is 41.0. The van der Waals surface area contributed by atoms with Gasteiger partial charge >= 0.3 is 40.8 Å². The van der Waals surface area contributed by atoms with E-state index in [4.69, 9.17) is 12.2 Å². The number of benzene rings is 4. The number of hydrogen-bond donors (Lipinski definition) is 0. The molecule has 4 aromatic heterocycles. The van der Waals surface area contributed by atoms with Crippen LogP contribution >= 0.6 is 0 Å². The maximum absolute atomic E-state index is 8.21. The quantitative estimate of drug-likeness (QED) is 0.119. The summed E-state index contributed by atoms with van der Waals surface area (Å²) >= 11 is 0. The first-order valence-corrected chi connectivity index (χ1v) is 14.1. The fourth-order valence-corrected chi connectivity index (χ4v) is 5.02. The number of hydrogen-bond acceptors (Lipinski definition) is 6. The average Bonchev–Trinajstić information content (AvgIpc) is 3.42. The van der Waals surface area contributed by atoms with E-state index in [1.807, 2.05) is 53.1 Å². The van der Waals surface area contributed by atoms with E-state index < -0.39 is 0 Å². The molecule has 47 heavy (non-hydrogen) atoms. The van der Waals surface area contributed by atoms with Gasteiger partial charge in [-0.05, 0) is 29.6 Å². The molecule has 0 fully saturated rings. The van der Waals surface area contributed by atoms with Gasteiger partial charge in [-0.15, -0.1) is 71.8 Å². The topological polar surface area (TPSA) is 75.0 Å². The summed E-state index contributed by atoms with van der Waals surface area (Å²) in [6.45, 7) is 0. The normalized spacial score (nSPS) is 11.2. The van der Waals surface area contributed by atoms with Gasteiger partial charge in [0.2, 0.25) is 5.95 Å². The molecule has 0 spiro atoms. The van der Waals surface area contributed by atoms with Crippen LogP contribution in [0.2, 0.25) is 0 Å². The molecule has 0 atom stereocenters. The summed E-state index contributed by atoms with van der Waals surface area (Å²) < 4.78 is 30.7. The predicted molar refractivity (Wildman–Crippen MR) is 171 cm³/mol. The Morgan fingerprint density at radius 1 is 0.489 bits per heavy atom. The molecule has 0 radical (unpaired) electrons. The third-order valence-electron chi connectivity index (χ3n) is 6.98. The molecule has 0 saturated heterocycles. The van der Waals surface area contributed by atoms with Crippen molar-refractivity contribution in [2.24, 2.45) is 0 Å². The second kappa shape index (κ2) is 14.2. The molecule has 4 aromatic carbocycles. The minimum absolute atomic E-state index is 0. The van der Waals surface area contributed by atoms with Gasteiger partial charge in [-0.1, -0.05) is 47.4 Å². The van der Waals surface area contributed by atoms with Crippen molar-refractivity contribution in [3.05, 3.63) is 152 Å². The maximum atomic E-state index is 8.21. The van der Waals surface area contributed by atoms with Gasteiger partial charge in [-0.25, -0.2) is 9.97 Å². The Labute approximate surface area is 301 Å². The van der Waals surface area contributed by atoms with Crippen LogP contribution in [0.15, 0.2) is 128 Å². The predicted octanol–water partition coefficient (Wildman–Crippen LogP) is 8.48. The minimum atomic E-state index is 0. The molecular weight excluding hydrogens is 771 g/mol. The molecule has 0 unspecified atom stereocenters. The Morgan fingerprint density at radius 2 is 0.957 bits per heavy atom. The van der Waals surface area contributed by atoms with Gasteiger partial charge in [0.15, 0.2) is 0 Å². The number of nitrogens with zero attached hydrogens (tertiary/aromatic N) is 5. The second-order valence-electron chi connectivity index (χ2n) is 9.88. The van der Waals surface area contributed by atoms with E-state index in [1.165, 1.54) is 0 Å². The van der Waals surface area contributed by atoms with Crippen LogP contribution in [0, 0.1) is 24.3 Å². The van der Waals surface area contributed by atoms with E-state index in [0.717, 1.165) is 10.8 Å². The number of rotatable bonds is 7. The number of pyridine rings is 2. The van der Waals surface area contributed by atoms with Gasteiger partial charge in [-0.3, -0.25) is 0 Å². The minimum Gasteiger partial charge on any atom is -0.503 e. The Balaban J connectivity index is 0.00000208. The van der Waals surface area contributed by atoms with E-state index in [0.29, 0.717) is 74.6 Å². The summed E-state index contributed by atoms with van der Waals surface area (Å²) in [5.41, 5.74) is 3.75. The largest absolute Gasteiger partial charge is 2.00 e. The van der Waals surface area contributed by atoms with E-state index in [-0.39, 0.29) is 40.8 Å². The summed E-state index contributed by atoms with van der Waals surface area (Å²) in [5, 5.41) is 1.80. The van der Waals surface area contributed by atoms with Crippen molar-refractivity contribution in [1.29, 1.82) is 0 Å². The van der Waals surface area contributed by atoms with Gasteiger partial charge in [-0.2, -0.15) is 22.9 Å². The van der Waals surface area contributed by atoms with Crippen molar-refractivity contribution in [3.8, 4) is 51.5 Å². The first-order chi connectivity index (χ1) is 23.1. The van der Waals surface area contributed by atoms with Crippen molar-refractivity contribution in [3.63, 3.8) is 0 Å². The van der Waals surface area contributed by atoms with Crippen LogP contribution < -0.4 is 9.47 Å². The zero-order valence-electron chi connectivity index (χ0n) is 26.2. The van der Waals surface area contributed by atoms with Crippen molar-refractivity contribution in [2.45, 2.75) is 0 Å². The van der Waals surface area contributed by atoms with Crippen LogP contribution in [0.25, 0.3) is 50.3 Å². The van der Waals surface area contributed by atoms with Crippen molar-refractivity contribution < 1.29 is 53.1 Å². The number of fused-ring (bicyclic) bond motifs is 3. The summed E-state index contributed by atoms with van der Waals surface area (Å²) in [4.78, 5) is 17.7. The molecule has 0 N–H and O–H groups in total. The third-order valence-corrected chi connectivity index (χ3v) is 6.98. The molecule has 0 amide bonds. The first kappa shape index (κ1) is 29.4. The van der Waals surface area contributed by atoms with Crippen molar-refractivity contribution in [2.75, 3.05) is 0 Å². The zero-order chi connectivity index (χ0) is 31.7. The van der Waals surface area contributed by atoms with Gasteiger partial charge in [0, 0.05) is 47.8 Å². The zero-order valence-corrected chi connectivity index (χ0v) is 27.3. The van der Waals surface area contributed by atoms with Gasteiger partial charge in [0.1, 0.15) is 0 Å². The van der Waals surface area contributed by atoms with Crippen LogP contribution in [-0.2, 0) is 40.8 Å². The third kappa shape index (κ3) is 6.62. The SMILES string of the molecule is [2H]c1cccnc1-c1[c-]c(Oc2[c-]c3c(cc2)c2ccc(Oc4[c-]c(-c5ncccc5[2H])ccc4)[c-]c2n3-c2ncccn2)ccc1.[Pd+2].[Pd+2]. The standard InChI is InChI=1S/C38H21N5O2.2Pd/c1-3-18-39-34(12-1)26-8-5-10-28(22-26)44-30-14-16-32-33-17-15-31(25-37(33)43(36(32)24-30)38-41-20-7-21-42-38)45-29-11-6-9-27(23-29)35-13-2-4-19-40-35;;/h1-21H;;/q-4;2*+2/i12D,13D;;. The Kier molecular flexibility index (Phi) is 8.87. The number of ether oxygens (including phenoxy) is 2. The molecular formula is C38H21N5O2Pd2. The second-order valence-corrected chi connectivity index (χ2v) is 9.88. The molecule has 230 valence electrons. The molecule has 0 aliphatic carbocycles. The van der Waals surface area contributed by atoms with E-state index in [2.05, 4.69) is 44.2 Å². The van der Waals surface area contributed by atoms with Crippen LogP contribution in [0.4, 0.5) is 0 Å². The van der Waals surface area contributed by atoms with E-state index in [1.54, 1.807) is 67.3 Å². The molecule has 0 saturated carbocycles. The van der Waals surface area contributed by atoms with Crippen LogP contribution in [0.3, 0.4) is 0 Å². The van der Waals surface area contributed by atoms with Crippen LogP contribution in [-0.4, -0.2) is 24.5 Å². The number of aromatic nitrogens is 5. The van der Waals surface area contributed by atoms with Crippen molar-refractivity contribution >= 4 is 21.8 Å². The van der Waals surface area contributed by atoms with Gasteiger partial charge in [0.05, 0.1) is 2.74 Å². The van der Waals surface area contributed by atoms with E-state index >= 15 is 0 Å². The Hall–Kier alpha value is -5.02. The smallest absolute Gasteiger partial charge is 0.503 e. The Bertz CT molecular complexity index is 2280. The molecule has 9 heteroatoms. The first-order valence-electron chi connectivity index (χ1n) is 15.1. The monoisotopic (exact) mass is 793 g/mol. The molecule has 8 aromatic rings. The van der Waals surface area contributed by atoms with E-state index in [9.17, 15) is 0 Å². The molecule has 4 heterocycles. The molecule has 8 rings (SSSR count). The van der Waals surface area contributed by atoms with Gasteiger partial charge in [0.25, 0.3) is 0 Å². The summed E-state index contributed by atoms with van der Waals surface area (Å²) in [5.74, 6) is 2.29. The van der Waals surface area contributed by atoms with Crippen LogP contribution in [0.5, 0.6) is 23.0 Å².